The minimum atomic E-state index is -4.47. The van der Waals surface area contributed by atoms with Crippen LogP contribution in [-0.4, -0.2) is 73.8 Å². The van der Waals surface area contributed by atoms with Crippen LogP contribution in [0.5, 0.6) is 5.75 Å². The van der Waals surface area contributed by atoms with Crippen molar-refractivity contribution in [2.24, 2.45) is 5.41 Å². The first-order valence-electron chi connectivity index (χ1n) is 15.8. The van der Waals surface area contributed by atoms with Gasteiger partial charge in [-0.05, 0) is 36.6 Å². The van der Waals surface area contributed by atoms with Gasteiger partial charge in [-0.1, -0.05) is 63.1 Å². The molecule has 1 aliphatic heterocycles. The summed E-state index contributed by atoms with van der Waals surface area (Å²) in [5.74, 6) is 1.79. The first kappa shape index (κ1) is 34.5. The molecular weight excluding hydrogens is 656 g/mol. The van der Waals surface area contributed by atoms with Gasteiger partial charge < -0.3 is 30.2 Å². The van der Waals surface area contributed by atoms with Gasteiger partial charge in [-0.2, -0.15) is 15.1 Å². The molecule has 2 aliphatic rings. The Morgan fingerprint density at radius 1 is 1.27 bits per heavy atom. The number of hydrogen-bond acceptors (Lipinski definition) is 12. The first-order valence-corrected chi connectivity index (χ1v) is 17.4. The summed E-state index contributed by atoms with van der Waals surface area (Å²) in [5, 5.41) is 18.4. The van der Waals surface area contributed by atoms with E-state index < -0.39 is 50.5 Å². The number of esters is 1. The summed E-state index contributed by atoms with van der Waals surface area (Å²) in [7, 11) is -4.47. The van der Waals surface area contributed by atoms with Crippen molar-refractivity contribution >= 4 is 47.4 Å². The highest BCUT2D eigenvalue weighted by atomic mass is 31.2. The fourth-order valence-corrected chi connectivity index (χ4v) is 6.83. The molecule has 1 saturated carbocycles. The lowest BCUT2D eigenvalue weighted by Crippen LogP contribution is -2.42. The number of nitrogens with zero attached hydrogens (tertiary/aromatic N) is 4. The predicted octanol–water partition coefficient (Wildman–Crippen LogP) is 4.51. The quantitative estimate of drug-likeness (QED) is 0.0923. The summed E-state index contributed by atoms with van der Waals surface area (Å²) in [6.07, 6.45) is 3.77. The Labute approximate surface area is 282 Å². The minimum absolute atomic E-state index is 0.0891. The molecule has 0 radical (unpaired) electrons. The molecule has 0 spiro atoms. The molecule has 0 bridgehead atoms. The van der Waals surface area contributed by atoms with Crippen molar-refractivity contribution in [1.29, 1.82) is 0 Å². The first-order chi connectivity index (χ1) is 23.2. The van der Waals surface area contributed by atoms with Crippen LogP contribution in [0.3, 0.4) is 0 Å². The predicted molar refractivity (Wildman–Crippen MR) is 180 cm³/mol. The Hall–Kier alpha value is -4.32. The maximum absolute atomic E-state index is 16.5. The van der Waals surface area contributed by atoms with Gasteiger partial charge in [-0.15, -0.1) is 6.42 Å². The topological polar surface area (TPSA) is 185 Å². The Kier molecular flexibility index (Phi) is 9.29. The van der Waals surface area contributed by atoms with E-state index in [1.165, 1.54) is 17.8 Å². The highest BCUT2D eigenvalue weighted by molar-refractivity contribution is 7.52. The van der Waals surface area contributed by atoms with E-state index in [1.807, 2.05) is 44.9 Å². The second-order valence-electron chi connectivity index (χ2n) is 13.4. The molecule has 0 amide bonds. The Bertz CT molecular complexity index is 1950. The normalized spacial score (nSPS) is 24.3. The van der Waals surface area contributed by atoms with Gasteiger partial charge >= 0.3 is 13.7 Å². The molecule has 14 nitrogen and oxygen atoms in total. The van der Waals surface area contributed by atoms with Crippen molar-refractivity contribution < 1.29 is 37.4 Å². The number of imidazole rings is 1. The van der Waals surface area contributed by atoms with Gasteiger partial charge in [0.1, 0.15) is 24.0 Å². The van der Waals surface area contributed by atoms with Gasteiger partial charge in [0.15, 0.2) is 23.2 Å². The average molecular weight is 696 g/mol. The van der Waals surface area contributed by atoms with Crippen molar-refractivity contribution in [3.8, 4) is 18.1 Å². The zero-order valence-corrected chi connectivity index (χ0v) is 28.4. The fourth-order valence-electron chi connectivity index (χ4n) is 5.31. The summed E-state index contributed by atoms with van der Waals surface area (Å²) in [4.78, 5) is 25.7. The molecule has 260 valence electrons. The van der Waals surface area contributed by atoms with E-state index in [4.69, 9.17) is 30.7 Å². The van der Waals surface area contributed by atoms with Crippen molar-refractivity contribution in [3.05, 3.63) is 48.8 Å². The zero-order valence-electron chi connectivity index (χ0n) is 27.5. The van der Waals surface area contributed by atoms with Crippen LogP contribution in [-0.2, 0) is 23.4 Å². The van der Waals surface area contributed by atoms with Crippen LogP contribution in [0.15, 0.2) is 48.8 Å². The van der Waals surface area contributed by atoms with E-state index in [1.54, 1.807) is 24.3 Å². The maximum atomic E-state index is 16.5. The third kappa shape index (κ3) is 7.34. The SMILES string of the molecule is C#C[C@@]1(F)[C@H](O)[C@@H](COP(=O)(N[C@@H](C)C(=O)OCC(C)(C)C)Oc2cccc3ccccc23)O[C@H]1n1cnc2c(NC3CC3)nc(N)nc21. The smallest absolute Gasteiger partial charge is 0.459 e. The molecule has 1 unspecified atom stereocenters. The minimum Gasteiger partial charge on any atom is -0.464 e. The number of halogens is 1. The summed E-state index contributed by atoms with van der Waals surface area (Å²) < 4.78 is 55.3. The summed E-state index contributed by atoms with van der Waals surface area (Å²) in [6.45, 7) is 6.59. The third-order valence-electron chi connectivity index (χ3n) is 8.01. The lowest BCUT2D eigenvalue weighted by molar-refractivity contribution is -0.148. The standard InChI is InChI=1S/C33H39FN7O7P/c1-6-33(34)26(42)24(47-30(33)41-18-36-25-27(37-21-14-15-21)38-31(35)39-28(25)41)16-46-49(44,40-19(2)29(43)45-17-32(3,4)5)48-23-13-9-11-20-10-7-8-12-22(20)23/h1,7-13,18-19,21,24,26,30,42H,14-17H2,2-5H3,(H,40,44)(H3,35,37,38,39)/t19-,24+,26+,30+,33+,49?/m0/s1. The molecule has 1 aliphatic carbocycles. The van der Waals surface area contributed by atoms with Crippen LogP contribution in [0.25, 0.3) is 21.9 Å². The number of rotatable bonds is 12. The number of aliphatic hydroxyl groups is 1. The maximum Gasteiger partial charge on any atom is 0.459 e. The summed E-state index contributed by atoms with van der Waals surface area (Å²) in [5.41, 5.74) is 3.28. The van der Waals surface area contributed by atoms with Gasteiger partial charge in [0.25, 0.3) is 0 Å². The van der Waals surface area contributed by atoms with Crippen LogP contribution in [0.4, 0.5) is 16.2 Å². The number of benzene rings is 2. The number of terminal acetylenes is 1. The Morgan fingerprint density at radius 3 is 2.71 bits per heavy atom. The van der Waals surface area contributed by atoms with Crippen LogP contribution in [0.1, 0.15) is 46.8 Å². The summed E-state index contributed by atoms with van der Waals surface area (Å²) >= 11 is 0. The number of carbonyl (C=O) groups is 1. The largest absolute Gasteiger partial charge is 0.464 e. The van der Waals surface area contributed by atoms with Gasteiger partial charge in [-0.25, -0.2) is 13.9 Å². The van der Waals surface area contributed by atoms with E-state index in [2.05, 4.69) is 25.4 Å². The van der Waals surface area contributed by atoms with E-state index in [0.717, 1.165) is 18.2 Å². The molecule has 2 aromatic heterocycles. The molecule has 1 saturated heterocycles. The lowest BCUT2D eigenvalue weighted by Gasteiger charge is -2.26. The number of aromatic nitrogens is 4. The van der Waals surface area contributed by atoms with Crippen molar-refractivity contribution in [3.63, 3.8) is 0 Å². The van der Waals surface area contributed by atoms with E-state index in [-0.39, 0.29) is 35.4 Å². The Morgan fingerprint density at radius 2 is 2.00 bits per heavy atom. The van der Waals surface area contributed by atoms with Gasteiger partial charge in [0.2, 0.25) is 11.6 Å². The average Bonchev–Trinajstić information content (AvgIpc) is 3.72. The number of nitrogens with two attached hydrogens (primary N) is 1. The molecule has 49 heavy (non-hydrogen) atoms. The third-order valence-corrected chi connectivity index (χ3v) is 9.64. The highest BCUT2D eigenvalue weighted by Crippen LogP contribution is 2.49. The number of carbonyl (C=O) groups excluding carboxylic acids is 1. The number of alkyl halides is 1. The monoisotopic (exact) mass is 695 g/mol. The molecule has 6 atom stereocenters. The molecule has 6 rings (SSSR count). The molecular formula is C33H39FN7O7P. The zero-order chi connectivity index (χ0) is 35.1. The van der Waals surface area contributed by atoms with Gasteiger partial charge in [-0.3, -0.25) is 13.9 Å². The lowest BCUT2D eigenvalue weighted by atomic mass is 9.97. The number of anilines is 2. The molecule has 4 aromatic rings. The fraction of sp³-hybridized carbons (Fsp3) is 0.455. The number of nitrogen functional groups attached to an aromatic ring is 1. The second-order valence-corrected chi connectivity index (χ2v) is 15.1. The van der Waals surface area contributed by atoms with E-state index in [9.17, 15) is 14.5 Å². The second kappa shape index (κ2) is 13.2. The van der Waals surface area contributed by atoms with Crippen LogP contribution in [0, 0.1) is 17.8 Å². The highest BCUT2D eigenvalue weighted by Gasteiger charge is 2.58. The number of ether oxygens (including phenoxy) is 2. The number of hydrogen-bond donors (Lipinski definition) is 4. The number of fused-ring (bicyclic) bond motifs is 2. The molecule has 2 aromatic carbocycles. The molecule has 5 N–H and O–H groups in total. The number of aliphatic hydroxyl groups excluding tert-OH is 1. The van der Waals surface area contributed by atoms with Crippen molar-refractivity contribution in [1.82, 2.24) is 24.6 Å². The van der Waals surface area contributed by atoms with Crippen LogP contribution >= 0.6 is 7.75 Å². The van der Waals surface area contributed by atoms with Crippen molar-refractivity contribution in [2.45, 2.75) is 76.7 Å². The Balaban J connectivity index is 1.26. The summed E-state index contributed by atoms with van der Waals surface area (Å²) in [6, 6.07) is 11.4. The van der Waals surface area contributed by atoms with Crippen molar-refractivity contribution in [2.75, 3.05) is 24.3 Å². The molecule has 2 fully saturated rings. The van der Waals surface area contributed by atoms with Crippen LogP contribution < -0.4 is 20.7 Å². The van der Waals surface area contributed by atoms with Gasteiger partial charge in [0.05, 0.1) is 19.5 Å². The van der Waals surface area contributed by atoms with E-state index in [0.29, 0.717) is 16.7 Å². The van der Waals surface area contributed by atoms with Crippen LogP contribution in [0.2, 0.25) is 0 Å². The van der Waals surface area contributed by atoms with E-state index >= 15 is 4.39 Å². The van der Waals surface area contributed by atoms with Gasteiger partial charge in [0, 0.05) is 11.4 Å². The number of nitrogens with one attached hydrogen (secondary N) is 2. The molecule has 3 heterocycles. The molecule has 16 heteroatoms.